The highest BCUT2D eigenvalue weighted by molar-refractivity contribution is 5.80. The summed E-state index contributed by atoms with van der Waals surface area (Å²) in [6.07, 6.45) is -1.36. The number of alkyl halides is 3. The van der Waals surface area contributed by atoms with Crippen LogP contribution in [0.5, 0.6) is 0 Å². The van der Waals surface area contributed by atoms with Crippen molar-refractivity contribution in [2.24, 2.45) is 0 Å². The first-order valence-electron chi connectivity index (χ1n) is 6.03. The number of nitrogens with zero attached hydrogens (tertiary/aromatic N) is 2. The molecule has 1 aromatic heterocycles. The molecule has 0 aliphatic heterocycles. The van der Waals surface area contributed by atoms with Crippen LogP contribution in [-0.2, 0) is 6.18 Å². The Morgan fingerprint density at radius 1 is 1.28 bits per heavy atom. The highest BCUT2D eigenvalue weighted by atomic mass is 19.4. The van der Waals surface area contributed by atoms with E-state index in [4.69, 9.17) is 0 Å². The predicted molar refractivity (Wildman–Crippen MR) is 62.4 cm³/mol. The minimum Gasteiger partial charge on any atom is -0.325 e. The van der Waals surface area contributed by atoms with Crippen molar-refractivity contribution in [3.63, 3.8) is 0 Å². The molecular formula is C13H13F3N2. The number of hydrogen-bond acceptors (Lipinski definition) is 1. The van der Waals surface area contributed by atoms with Crippen LogP contribution in [0.15, 0.2) is 18.2 Å². The Bertz CT molecular complexity index is 594. The van der Waals surface area contributed by atoms with Crippen LogP contribution in [0.4, 0.5) is 13.2 Å². The fraction of sp³-hybridized carbons (Fsp3) is 0.462. The SMILES string of the molecule is Cc1nc2cccc(C(F)(F)F)c2n1C1CCC1. The van der Waals surface area contributed by atoms with Crippen molar-refractivity contribution in [1.82, 2.24) is 9.55 Å². The fourth-order valence-electron chi connectivity index (χ4n) is 2.59. The Balaban J connectivity index is 2.30. The molecule has 18 heavy (non-hydrogen) atoms. The number of benzene rings is 1. The van der Waals surface area contributed by atoms with E-state index in [1.165, 1.54) is 6.07 Å². The first kappa shape index (κ1) is 11.6. The van der Waals surface area contributed by atoms with Crippen LogP contribution in [0, 0.1) is 6.92 Å². The third kappa shape index (κ3) is 1.61. The molecule has 1 fully saturated rings. The van der Waals surface area contributed by atoms with Gasteiger partial charge in [-0.1, -0.05) is 6.07 Å². The van der Waals surface area contributed by atoms with Gasteiger partial charge in [-0.25, -0.2) is 4.98 Å². The smallest absolute Gasteiger partial charge is 0.325 e. The van der Waals surface area contributed by atoms with Crippen molar-refractivity contribution in [2.75, 3.05) is 0 Å². The average Bonchev–Trinajstić information content (AvgIpc) is 2.52. The largest absolute Gasteiger partial charge is 0.418 e. The van der Waals surface area contributed by atoms with Crippen molar-refractivity contribution in [2.45, 2.75) is 38.4 Å². The van der Waals surface area contributed by atoms with Crippen molar-refractivity contribution >= 4 is 11.0 Å². The zero-order valence-corrected chi connectivity index (χ0v) is 9.96. The second-order valence-electron chi connectivity index (χ2n) is 4.78. The third-order valence-corrected chi connectivity index (χ3v) is 3.63. The summed E-state index contributed by atoms with van der Waals surface area (Å²) in [6, 6.07) is 4.38. The molecule has 0 atom stereocenters. The zero-order chi connectivity index (χ0) is 12.9. The monoisotopic (exact) mass is 254 g/mol. The Kier molecular flexibility index (Phi) is 2.40. The molecule has 0 spiro atoms. The van der Waals surface area contributed by atoms with E-state index in [0.29, 0.717) is 11.3 Å². The van der Waals surface area contributed by atoms with Gasteiger partial charge in [0.15, 0.2) is 0 Å². The second-order valence-corrected chi connectivity index (χ2v) is 4.78. The molecule has 2 aromatic rings. The minimum atomic E-state index is -4.33. The van der Waals surface area contributed by atoms with Crippen molar-refractivity contribution in [3.05, 3.63) is 29.6 Å². The van der Waals surface area contributed by atoms with E-state index in [-0.39, 0.29) is 11.6 Å². The van der Waals surface area contributed by atoms with Gasteiger partial charge in [0.05, 0.1) is 16.6 Å². The van der Waals surface area contributed by atoms with Crippen LogP contribution in [0.2, 0.25) is 0 Å². The van der Waals surface area contributed by atoms with Crippen molar-refractivity contribution in [1.29, 1.82) is 0 Å². The van der Waals surface area contributed by atoms with Gasteiger partial charge < -0.3 is 4.57 Å². The number of para-hydroxylation sites is 1. The number of imidazole rings is 1. The molecule has 2 nitrogen and oxygen atoms in total. The van der Waals surface area contributed by atoms with E-state index in [1.807, 2.05) is 0 Å². The molecule has 1 heterocycles. The van der Waals surface area contributed by atoms with Gasteiger partial charge >= 0.3 is 6.18 Å². The number of halogens is 3. The Hall–Kier alpha value is -1.52. The molecule has 0 radical (unpaired) electrons. The first-order chi connectivity index (χ1) is 8.48. The van der Waals surface area contributed by atoms with Crippen LogP contribution in [0.3, 0.4) is 0 Å². The lowest BCUT2D eigenvalue weighted by molar-refractivity contribution is -0.136. The lowest BCUT2D eigenvalue weighted by atomic mass is 9.92. The van der Waals surface area contributed by atoms with Crippen LogP contribution < -0.4 is 0 Å². The Morgan fingerprint density at radius 3 is 2.56 bits per heavy atom. The minimum absolute atomic E-state index is 0.179. The summed E-state index contributed by atoms with van der Waals surface area (Å²) in [6.45, 7) is 1.78. The maximum atomic E-state index is 13.1. The molecule has 1 aliphatic rings. The second kappa shape index (κ2) is 3.73. The summed E-state index contributed by atoms with van der Waals surface area (Å²) in [5.74, 6) is 0.673. The summed E-state index contributed by atoms with van der Waals surface area (Å²) < 4.78 is 40.9. The quantitative estimate of drug-likeness (QED) is 0.749. The molecule has 96 valence electrons. The number of rotatable bonds is 1. The average molecular weight is 254 g/mol. The molecule has 1 aliphatic carbocycles. The topological polar surface area (TPSA) is 17.8 Å². The standard InChI is InChI=1S/C13H13F3N2/c1-8-17-11-7-3-6-10(13(14,15)16)12(11)18(8)9-4-2-5-9/h3,6-7,9H,2,4-5H2,1H3. The maximum Gasteiger partial charge on any atom is 0.418 e. The van der Waals surface area contributed by atoms with Gasteiger partial charge in [-0.15, -0.1) is 0 Å². The van der Waals surface area contributed by atoms with E-state index in [9.17, 15) is 13.2 Å². The highest BCUT2D eigenvalue weighted by Crippen LogP contribution is 2.40. The van der Waals surface area contributed by atoms with Crippen LogP contribution in [0.25, 0.3) is 11.0 Å². The molecular weight excluding hydrogens is 241 g/mol. The highest BCUT2D eigenvalue weighted by Gasteiger charge is 2.35. The van der Waals surface area contributed by atoms with Crippen LogP contribution in [0.1, 0.15) is 36.7 Å². The normalized spacial score (nSPS) is 17.1. The van der Waals surface area contributed by atoms with Crippen molar-refractivity contribution < 1.29 is 13.2 Å². The summed E-state index contributed by atoms with van der Waals surface area (Å²) in [5.41, 5.74) is 0.105. The fourth-order valence-corrected chi connectivity index (χ4v) is 2.59. The number of aromatic nitrogens is 2. The zero-order valence-electron chi connectivity index (χ0n) is 9.96. The van der Waals surface area contributed by atoms with E-state index < -0.39 is 11.7 Å². The first-order valence-corrected chi connectivity index (χ1v) is 6.03. The lowest BCUT2D eigenvalue weighted by Crippen LogP contribution is -2.19. The summed E-state index contributed by atoms with van der Waals surface area (Å²) in [7, 11) is 0. The summed E-state index contributed by atoms with van der Waals surface area (Å²) in [5, 5.41) is 0. The van der Waals surface area contributed by atoms with Crippen molar-refractivity contribution in [3.8, 4) is 0 Å². The van der Waals surface area contributed by atoms with Crippen LogP contribution >= 0.6 is 0 Å². The number of aryl methyl sites for hydroxylation is 1. The van der Waals surface area contributed by atoms with Gasteiger partial charge in [0.2, 0.25) is 0 Å². The van der Waals surface area contributed by atoms with E-state index in [1.54, 1.807) is 17.6 Å². The molecule has 1 saturated carbocycles. The summed E-state index contributed by atoms with van der Waals surface area (Å²) in [4.78, 5) is 4.25. The van der Waals surface area contributed by atoms with Gasteiger partial charge in [0.1, 0.15) is 5.82 Å². The third-order valence-electron chi connectivity index (χ3n) is 3.63. The molecule has 0 unspecified atom stereocenters. The van der Waals surface area contributed by atoms with Gasteiger partial charge in [-0.3, -0.25) is 0 Å². The molecule has 0 N–H and O–H groups in total. The molecule has 0 saturated heterocycles. The molecule has 0 bridgehead atoms. The van der Waals surface area contributed by atoms with E-state index >= 15 is 0 Å². The summed E-state index contributed by atoms with van der Waals surface area (Å²) >= 11 is 0. The molecule has 3 rings (SSSR count). The van der Waals surface area contributed by atoms with E-state index in [0.717, 1.165) is 25.3 Å². The molecule has 5 heteroatoms. The van der Waals surface area contributed by atoms with E-state index in [2.05, 4.69) is 4.98 Å². The Labute approximate surface area is 102 Å². The van der Waals surface area contributed by atoms with Gasteiger partial charge in [0, 0.05) is 6.04 Å². The predicted octanol–water partition coefficient (Wildman–Crippen LogP) is 4.09. The number of fused-ring (bicyclic) bond motifs is 1. The number of hydrogen-bond donors (Lipinski definition) is 0. The van der Waals surface area contributed by atoms with Gasteiger partial charge in [-0.2, -0.15) is 13.2 Å². The van der Waals surface area contributed by atoms with Gasteiger partial charge in [-0.05, 0) is 38.3 Å². The van der Waals surface area contributed by atoms with Gasteiger partial charge in [0.25, 0.3) is 0 Å². The lowest BCUT2D eigenvalue weighted by Gasteiger charge is -2.29. The maximum absolute atomic E-state index is 13.1. The molecule has 0 amide bonds. The Morgan fingerprint density at radius 2 is 2.00 bits per heavy atom. The molecule has 1 aromatic carbocycles. The van der Waals surface area contributed by atoms with Crippen LogP contribution in [-0.4, -0.2) is 9.55 Å².